The van der Waals surface area contributed by atoms with Crippen molar-refractivity contribution >= 4 is 11.9 Å². The molecule has 0 radical (unpaired) electrons. The van der Waals surface area contributed by atoms with Gasteiger partial charge in [0, 0.05) is 0 Å². The predicted molar refractivity (Wildman–Crippen MR) is 76.8 cm³/mol. The Bertz CT molecular complexity index is 210. The van der Waals surface area contributed by atoms with Crippen molar-refractivity contribution in [2.45, 2.75) is 60.8 Å². The lowest BCUT2D eigenvalue weighted by molar-refractivity contribution is -0.155. The van der Waals surface area contributed by atoms with Crippen LogP contribution in [0.1, 0.15) is 60.8 Å². The molecule has 4 nitrogen and oxygen atoms in total. The average Bonchev–Trinajstić information content (AvgIpc) is 2.34. The average molecular weight is 274 g/mol. The minimum absolute atomic E-state index is 0.278. The van der Waals surface area contributed by atoms with Gasteiger partial charge in [0.25, 0.3) is 0 Å². The molecule has 0 aliphatic carbocycles. The molecule has 0 spiro atoms. The van der Waals surface area contributed by atoms with Crippen LogP contribution in [0.25, 0.3) is 0 Å². The number of rotatable bonds is 7. The lowest BCUT2D eigenvalue weighted by Crippen LogP contribution is -2.17. The van der Waals surface area contributed by atoms with Crippen LogP contribution in [0.2, 0.25) is 0 Å². The zero-order chi connectivity index (χ0) is 15.3. The first-order chi connectivity index (χ1) is 8.83. The van der Waals surface area contributed by atoms with Crippen molar-refractivity contribution in [3.8, 4) is 0 Å². The summed E-state index contributed by atoms with van der Waals surface area (Å²) in [6.45, 7) is 12.8. The lowest BCUT2D eigenvalue weighted by Gasteiger charge is -2.08. The highest BCUT2D eigenvalue weighted by Gasteiger charge is 2.12. The van der Waals surface area contributed by atoms with E-state index in [0.29, 0.717) is 13.2 Å². The van der Waals surface area contributed by atoms with Crippen LogP contribution in [-0.2, 0) is 19.1 Å². The Morgan fingerprint density at radius 1 is 0.789 bits per heavy atom. The topological polar surface area (TPSA) is 52.6 Å². The molecule has 0 saturated carbocycles. The van der Waals surface area contributed by atoms with Gasteiger partial charge in [-0.2, -0.15) is 0 Å². The Labute approximate surface area is 117 Å². The quantitative estimate of drug-likeness (QED) is 0.526. The maximum atomic E-state index is 11.1. The molecule has 0 amide bonds. The standard InChI is InChI=1S/C11H20O4.C4H10/c1-8(2)6-14-10(12)5-11(13)15-7-9(3)4;1-3-4-2/h8-9H,5-7H2,1-4H3;3-4H2,1-2H3. The third-order valence-electron chi connectivity index (χ3n) is 1.94. The summed E-state index contributed by atoms with van der Waals surface area (Å²) in [5, 5.41) is 0. The molecule has 0 atom stereocenters. The summed E-state index contributed by atoms with van der Waals surface area (Å²) in [6.07, 6.45) is 2.35. The van der Waals surface area contributed by atoms with Crippen molar-refractivity contribution < 1.29 is 19.1 Å². The van der Waals surface area contributed by atoms with E-state index in [-0.39, 0.29) is 18.3 Å². The van der Waals surface area contributed by atoms with E-state index in [1.807, 2.05) is 27.7 Å². The Morgan fingerprint density at radius 2 is 1.11 bits per heavy atom. The maximum absolute atomic E-state index is 11.1. The van der Waals surface area contributed by atoms with Gasteiger partial charge in [-0.15, -0.1) is 0 Å². The summed E-state index contributed by atoms with van der Waals surface area (Å²) in [7, 11) is 0. The molecular weight excluding hydrogens is 244 g/mol. The number of carbonyl (C=O) groups is 2. The van der Waals surface area contributed by atoms with Gasteiger partial charge in [0.05, 0.1) is 13.2 Å². The Hall–Kier alpha value is -1.06. The largest absolute Gasteiger partial charge is 0.465 e. The van der Waals surface area contributed by atoms with E-state index in [0.717, 1.165) is 0 Å². The zero-order valence-electron chi connectivity index (χ0n) is 13.3. The van der Waals surface area contributed by atoms with Gasteiger partial charge in [-0.25, -0.2) is 0 Å². The minimum Gasteiger partial charge on any atom is -0.465 e. The van der Waals surface area contributed by atoms with Crippen LogP contribution in [0.3, 0.4) is 0 Å². The van der Waals surface area contributed by atoms with Crippen molar-refractivity contribution in [3.05, 3.63) is 0 Å². The van der Waals surface area contributed by atoms with Gasteiger partial charge >= 0.3 is 11.9 Å². The van der Waals surface area contributed by atoms with E-state index >= 15 is 0 Å². The number of unbranched alkanes of at least 4 members (excludes halogenated alkanes) is 1. The molecule has 0 aromatic carbocycles. The maximum Gasteiger partial charge on any atom is 0.317 e. The van der Waals surface area contributed by atoms with E-state index < -0.39 is 11.9 Å². The molecule has 0 saturated heterocycles. The molecule has 0 aliphatic heterocycles. The molecule has 0 rings (SSSR count). The molecule has 0 bridgehead atoms. The first kappa shape index (κ1) is 20.3. The summed E-state index contributed by atoms with van der Waals surface area (Å²) in [5.41, 5.74) is 0. The molecular formula is C15H30O4. The van der Waals surface area contributed by atoms with Gasteiger partial charge in [-0.3, -0.25) is 9.59 Å². The zero-order valence-corrected chi connectivity index (χ0v) is 13.3. The lowest BCUT2D eigenvalue weighted by atomic mass is 10.2. The van der Waals surface area contributed by atoms with E-state index in [9.17, 15) is 9.59 Å². The van der Waals surface area contributed by atoms with Crippen LogP contribution in [0.15, 0.2) is 0 Å². The SMILES string of the molecule is CC(C)COC(=O)CC(=O)OCC(C)C.CCCC. The second-order valence-electron chi connectivity index (χ2n) is 5.33. The van der Waals surface area contributed by atoms with Crippen LogP contribution in [0, 0.1) is 11.8 Å². The second-order valence-corrected chi connectivity index (χ2v) is 5.33. The summed E-state index contributed by atoms with van der Waals surface area (Å²) in [6, 6.07) is 0. The van der Waals surface area contributed by atoms with Gasteiger partial charge in [0.15, 0.2) is 0 Å². The van der Waals surface area contributed by atoms with Gasteiger partial charge in [0.2, 0.25) is 0 Å². The third-order valence-corrected chi connectivity index (χ3v) is 1.94. The van der Waals surface area contributed by atoms with Crippen molar-refractivity contribution in [1.29, 1.82) is 0 Å². The smallest absolute Gasteiger partial charge is 0.317 e. The number of esters is 2. The third kappa shape index (κ3) is 19.5. The first-order valence-electron chi connectivity index (χ1n) is 7.14. The highest BCUT2D eigenvalue weighted by Crippen LogP contribution is 1.98. The fraction of sp³-hybridized carbons (Fsp3) is 0.867. The van der Waals surface area contributed by atoms with Crippen LogP contribution in [-0.4, -0.2) is 25.2 Å². The fourth-order valence-electron chi connectivity index (χ4n) is 0.739. The Morgan fingerprint density at radius 3 is 1.32 bits per heavy atom. The number of hydrogen-bond acceptors (Lipinski definition) is 4. The summed E-state index contributed by atoms with van der Waals surface area (Å²) >= 11 is 0. The molecule has 0 aliphatic rings. The minimum atomic E-state index is -0.516. The van der Waals surface area contributed by atoms with Crippen molar-refractivity contribution in [1.82, 2.24) is 0 Å². The van der Waals surface area contributed by atoms with Crippen LogP contribution in [0.4, 0.5) is 0 Å². The summed E-state index contributed by atoms with van der Waals surface area (Å²) in [5.74, 6) is -0.476. The fourth-order valence-corrected chi connectivity index (χ4v) is 0.739. The molecule has 0 heterocycles. The normalized spacial score (nSPS) is 9.89. The van der Waals surface area contributed by atoms with Crippen LogP contribution < -0.4 is 0 Å². The molecule has 0 fully saturated rings. The molecule has 0 aromatic rings. The van der Waals surface area contributed by atoms with Crippen LogP contribution >= 0.6 is 0 Å². The second kappa shape index (κ2) is 13.4. The van der Waals surface area contributed by atoms with E-state index in [2.05, 4.69) is 13.8 Å². The van der Waals surface area contributed by atoms with Crippen molar-refractivity contribution in [2.24, 2.45) is 11.8 Å². The van der Waals surface area contributed by atoms with Crippen molar-refractivity contribution in [2.75, 3.05) is 13.2 Å². The number of ether oxygens (including phenoxy) is 2. The van der Waals surface area contributed by atoms with E-state index in [4.69, 9.17) is 9.47 Å². The van der Waals surface area contributed by atoms with Gasteiger partial charge in [-0.1, -0.05) is 54.4 Å². The van der Waals surface area contributed by atoms with Crippen LogP contribution in [0.5, 0.6) is 0 Å². The molecule has 114 valence electrons. The monoisotopic (exact) mass is 274 g/mol. The van der Waals surface area contributed by atoms with Gasteiger partial charge in [0.1, 0.15) is 6.42 Å². The summed E-state index contributed by atoms with van der Waals surface area (Å²) in [4.78, 5) is 22.2. The molecule has 4 heteroatoms. The highest BCUT2D eigenvalue weighted by molar-refractivity contribution is 5.91. The Balaban J connectivity index is 0. The summed E-state index contributed by atoms with van der Waals surface area (Å²) < 4.78 is 9.68. The number of hydrogen-bond donors (Lipinski definition) is 0. The van der Waals surface area contributed by atoms with E-state index in [1.165, 1.54) is 12.8 Å². The molecule has 19 heavy (non-hydrogen) atoms. The predicted octanol–water partition coefficient (Wildman–Crippen LogP) is 3.58. The molecule has 0 aromatic heterocycles. The highest BCUT2D eigenvalue weighted by atomic mass is 16.6. The van der Waals surface area contributed by atoms with Gasteiger partial charge < -0.3 is 9.47 Å². The van der Waals surface area contributed by atoms with Crippen molar-refractivity contribution in [3.63, 3.8) is 0 Å². The Kier molecular flexibility index (Phi) is 14.3. The van der Waals surface area contributed by atoms with E-state index in [1.54, 1.807) is 0 Å². The van der Waals surface area contributed by atoms with Gasteiger partial charge in [-0.05, 0) is 11.8 Å². The first-order valence-corrected chi connectivity index (χ1v) is 7.14. The molecule has 0 N–H and O–H groups in total. The molecule has 0 unspecified atom stereocenters. The number of carbonyl (C=O) groups excluding carboxylic acids is 2.